The van der Waals surface area contributed by atoms with Gasteiger partial charge in [0.05, 0.1) is 22.6 Å². The van der Waals surface area contributed by atoms with Crippen molar-refractivity contribution in [3.63, 3.8) is 0 Å². The van der Waals surface area contributed by atoms with Crippen molar-refractivity contribution in [2.75, 3.05) is 16.4 Å². The molecule has 4 rings (SSSR count). The number of anilines is 4. The number of amides is 1. The molecule has 0 saturated heterocycles. The van der Waals surface area contributed by atoms with E-state index in [4.69, 9.17) is 22.7 Å². The number of nitrogens with zero attached hydrogens (tertiary/aromatic N) is 4. The van der Waals surface area contributed by atoms with Crippen LogP contribution in [-0.2, 0) is 7.05 Å². The van der Waals surface area contributed by atoms with Crippen molar-refractivity contribution in [3.05, 3.63) is 77.1 Å². The largest absolute Gasteiger partial charge is 0.398 e. The van der Waals surface area contributed by atoms with Crippen LogP contribution in [0.3, 0.4) is 0 Å². The summed E-state index contributed by atoms with van der Waals surface area (Å²) in [6.45, 7) is 0. The summed E-state index contributed by atoms with van der Waals surface area (Å²) in [6.07, 6.45) is 4.33. The first-order valence-electron chi connectivity index (χ1n) is 9.54. The Morgan fingerprint density at radius 3 is 2.66 bits per heavy atom. The molecule has 0 unspecified atom stereocenters. The first-order valence-corrected chi connectivity index (χ1v) is 9.92. The second-order valence-electron chi connectivity index (χ2n) is 6.86. The van der Waals surface area contributed by atoms with Crippen molar-refractivity contribution in [2.24, 2.45) is 7.05 Å². The lowest BCUT2D eigenvalue weighted by Gasteiger charge is -2.10. The number of hydrogen-bond donors (Lipinski definition) is 4. The van der Waals surface area contributed by atoms with E-state index in [0.717, 1.165) is 11.8 Å². The quantitative estimate of drug-likeness (QED) is 0.260. The van der Waals surface area contributed by atoms with Gasteiger partial charge in [-0.2, -0.15) is 4.98 Å². The average molecular weight is 447 g/mol. The topological polar surface area (TPSA) is 135 Å². The lowest BCUT2D eigenvalue weighted by Crippen LogP contribution is -2.11. The Morgan fingerprint density at radius 1 is 1.19 bits per heavy atom. The van der Waals surface area contributed by atoms with Crippen LogP contribution in [0.4, 0.5) is 23.0 Å². The fraction of sp³-hybridized carbons (Fsp3) is 0.0455. The van der Waals surface area contributed by atoms with E-state index in [2.05, 4.69) is 25.7 Å². The van der Waals surface area contributed by atoms with Crippen LogP contribution >= 0.6 is 11.6 Å². The Morgan fingerprint density at radius 2 is 1.97 bits per heavy atom. The maximum atomic E-state index is 12.4. The minimum atomic E-state index is -0.235. The molecule has 0 atom stereocenters. The third-order valence-corrected chi connectivity index (χ3v) is 5.10. The summed E-state index contributed by atoms with van der Waals surface area (Å²) in [7, 11) is 1.75. The third-order valence-electron chi connectivity index (χ3n) is 4.69. The van der Waals surface area contributed by atoms with Gasteiger partial charge in [0.1, 0.15) is 0 Å². The Balaban J connectivity index is 1.53. The zero-order chi connectivity index (χ0) is 22.7. The fourth-order valence-electron chi connectivity index (χ4n) is 3.00. The van der Waals surface area contributed by atoms with Gasteiger partial charge in [-0.3, -0.25) is 9.78 Å². The molecule has 2 aromatic carbocycles. The molecular formula is C22H19ClN8O. The van der Waals surface area contributed by atoms with Crippen LogP contribution < -0.4 is 16.4 Å². The van der Waals surface area contributed by atoms with Crippen LogP contribution in [0, 0.1) is 5.41 Å². The van der Waals surface area contributed by atoms with Gasteiger partial charge in [0, 0.05) is 41.8 Å². The van der Waals surface area contributed by atoms with E-state index in [-0.39, 0.29) is 5.91 Å². The number of pyridine rings is 1. The number of nitrogens with two attached hydrogens (primary N) is 1. The Hall–Kier alpha value is -4.24. The van der Waals surface area contributed by atoms with Gasteiger partial charge in [-0.05, 0) is 36.4 Å². The first kappa shape index (κ1) is 21.0. The van der Waals surface area contributed by atoms with Gasteiger partial charge >= 0.3 is 0 Å². The molecule has 32 heavy (non-hydrogen) atoms. The molecule has 2 heterocycles. The Kier molecular flexibility index (Phi) is 5.82. The molecule has 5 N–H and O–H groups in total. The molecule has 0 aliphatic carbocycles. The van der Waals surface area contributed by atoms with Crippen molar-refractivity contribution >= 4 is 46.7 Å². The summed E-state index contributed by atoms with van der Waals surface area (Å²) in [5.74, 6) is 0.704. The van der Waals surface area contributed by atoms with Crippen LogP contribution in [0.2, 0.25) is 5.02 Å². The van der Waals surface area contributed by atoms with Gasteiger partial charge < -0.3 is 21.8 Å². The number of carbonyl (C=O) groups is 1. The predicted octanol–water partition coefficient (Wildman–Crippen LogP) is 4.11. The zero-order valence-corrected chi connectivity index (χ0v) is 17.8. The lowest BCUT2D eigenvalue weighted by molar-refractivity contribution is 0.102. The molecule has 0 radical (unpaired) electrons. The van der Waals surface area contributed by atoms with Crippen molar-refractivity contribution in [2.45, 2.75) is 0 Å². The Bertz CT molecular complexity index is 1290. The van der Waals surface area contributed by atoms with Crippen LogP contribution in [0.25, 0.3) is 11.4 Å². The molecular weight excluding hydrogens is 428 g/mol. The number of aromatic nitrogens is 4. The molecule has 0 fully saturated rings. The molecule has 160 valence electrons. The van der Waals surface area contributed by atoms with Crippen molar-refractivity contribution < 1.29 is 4.79 Å². The van der Waals surface area contributed by atoms with Crippen LogP contribution in [0.15, 0.2) is 60.9 Å². The molecule has 0 aliphatic heterocycles. The second kappa shape index (κ2) is 8.86. The van der Waals surface area contributed by atoms with E-state index in [1.807, 2.05) is 0 Å². The molecule has 1 amide bonds. The van der Waals surface area contributed by atoms with Crippen molar-refractivity contribution in [3.8, 4) is 11.4 Å². The minimum Gasteiger partial charge on any atom is -0.398 e. The monoisotopic (exact) mass is 446 g/mol. The predicted molar refractivity (Wildman–Crippen MR) is 126 cm³/mol. The summed E-state index contributed by atoms with van der Waals surface area (Å²) in [5, 5.41) is 18.2. The summed E-state index contributed by atoms with van der Waals surface area (Å²) >= 11 is 6.35. The Labute approximate surface area is 188 Å². The molecule has 0 aliphatic rings. The molecule has 4 aromatic rings. The highest BCUT2D eigenvalue weighted by Crippen LogP contribution is 2.31. The number of halogens is 1. The highest BCUT2D eigenvalue weighted by Gasteiger charge is 2.14. The van der Waals surface area contributed by atoms with E-state index in [1.54, 1.807) is 72.7 Å². The smallest absolute Gasteiger partial charge is 0.255 e. The minimum absolute atomic E-state index is 0.235. The summed E-state index contributed by atoms with van der Waals surface area (Å²) in [5.41, 5.74) is 9.13. The number of aryl methyl sites for hydroxylation is 1. The maximum Gasteiger partial charge on any atom is 0.255 e. The summed E-state index contributed by atoms with van der Waals surface area (Å²) in [6, 6.07) is 13.9. The number of nitrogen functional groups attached to an aromatic ring is 1. The fourth-order valence-corrected chi connectivity index (χ4v) is 3.27. The van der Waals surface area contributed by atoms with E-state index in [9.17, 15) is 4.79 Å². The SMILES string of the molecule is Cn1nc(-c2ccc(C(=O)Nc3cccnc3)cc2)nc1Nc1ccc(N)c(C=N)c1Cl. The van der Waals surface area contributed by atoms with Gasteiger partial charge in [-0.15, -0.1) is 5.10 Å². The van der Waals surface area contributed by atoms with Crippen molar-refractivity contribution in [1.29, 1.82) is 5.41 Å². The van der Waals surface area contributed by atoms with E-state index in [1.165, 1.54) is 0 Å². The molecule has 0 spiro atoms. The summed E-state index contributed by atoms with van der Waals surface area (Å²) in [4.78, 5) is 20.9. The highest BCUT2D eigenvalue weighted by atomic mass is 35.5. The number of nitrogens with one attached hydrogen (secondary N) is 3. The third kappa shape index (κ3) is 4.28. The van der Waals surface area contributed by atoms with Gasteiger partial charge in [0.2, 0.25) is 5.95 Å². The van der Waals surface area contributed by atoms with E-state index >= 15 is 0 Å². The van der Waals surface area contributed by atoms with Gasteiger partial charge in [0.25, 0.3) is 5.91 Å². The number of rotatable bonds is 6. The van der Waals surface area contributed by atoms with Crippen LogP contribution in [0.5, 0.6) is 0 Å². The summed E-state index contributed by atoms with van der Waals surface area (Å²) < 4.78 is 1.58. The number of benzene rings is 2. The standard InChI is InChI=1S/C22H19ClN8O/c1-31-22(28-18-9-8-17(25)16(11-24)19(18)23)29-20(30-31)13-4-6-14(7-5-13)21(32)27-15-3-2-10-26-12-15/h2-12,24H,25H2,1H3,(H,27,32)(H,28,29,30). The number of hydrogen-bond acceptors (Lipinski definition) is 7. The molecule has 10 heteroatoms. The van der Waals surface area contributed by atoms with Crippen LogP contribution in [0.1, 0.15) is 15.9 Å². The van der Waals surface area contributed by atoms with Crippen molar-refractivity contribution in [1.82, 2.24) is 19.7 Å². The normalized spacial score (nSPS) is 10.6. The molecule has 9 nitrogen and oxygen atoms in total. The van der Waals surface area contributed by atoms with Gasteiger partial charge in [-0.25, -0.2) is 4.68 Å². The molecule has 2 aromatic heterocycles. The van der Waals surface area contributed by atoms with Crippen LogP contribution in [-0.4, -0.2) is 31.9 Å². The highest BCUT2D eigenvalue weighted by molar-refractivity contribution is 6.36. The first-order chi connectivity index (χ1) is 15.5. The maximum absolute atomic E-state index is 12.4. The van der Waals surface area contributed by atoms with E-state index in [0.29, 0.717) is 45.0 Å². The van der Waals surface area contributed by atoms with Gasteiger partial charge in [-0.1, -0.05) is 23.7 Å². The molecule has 0 saturated carbocycles. The average Bonchev–Trinajstić information content (AvgIpc) is 3.17. The lowest BCUT2D eigenvalue weighted by atomic mass is 10.1. The second-order valence-corrected chi connectivity index (χ2v) is 7.23. The molecule has 0 bridgehead atoms. The number of carbonyl (C=O) groups excluding carboxylic acids is 1. The van der Waals surface area contributed by atoms with Gasteiger partial charge in [0.15, 0.2) is 5.82 Å². The van der Waals surface area contributed by atoms with E-state index < -0.39 is 0 Å². The zero-order valence-electron chi connectivity index (χ0n) is 17.0.